The average Bonchev–Trinajstić information content (AvgIpc) is 2.99. The number of nitrogens with one attached hydrogen (secondary N) is 1. The summed E-state index contributed by atoms with van der Waals surface area (Å²) in [6, 6.07) is 5.57. The summed E-state index contributed by atoms with van der Waals surface area (Å²) in [4.78, 5) is 16.5. The minimum atomic E-state index is -3.21. The monoisotopic (exact) mass is 353 g/mol. The summed E-state index contributed by atoms with van der Waals surface area (Å²) in [6.45, 7) is 0.988. The van der Waals surface area contributed by atoms with Gasteiger partial charge in [-0.2, -0.15) is 4.31 Å². The van der Waals surface area contributed by atoms with Crippen LogP contribution in [-0.2, 0) is 26.0 Å². The Bertz CT molecular complexity index is 680. The molecule has 2 fully saturated rings. The number of nitrogens with zero attached hydrogens (tertiary/aromatic N) is 2. The number of hydrogen-bond donors (Lipinski definition) is 1. The molecule has 0 radical (unpaired) electrons. The lowest BCUT2D eigenvalue weighted by Crippen LogP contribution is -2.49. The van der Waals surface area contributed by atoms with Gasteiger partial charge in [0.25, 0.3) is 0 Å². The molecule has 3 rings (SSSR count). The van der Waals surface area contributed by atoms with Crippen molar-refractivity contribution >= 4 is 15.9 Å². The number of carbonyl (C=O) groups is 1. The summed E-state index contributed by atoms with van der Waals surface area (Å²) in [5.41, 5.74) is 0.932. The van der Waals surface area contributed by atoms with Gasteiger partial charge in [0.1, 0.15) is 6.10 Å². The van der Waals surface area contributed by atoms with E-state index in [0.29, 0.717) is 38.8 Å². The van der Waals surface area contributed by atoms with Crippen molar-refractivity contribution in [2.24, 2.45) is 0 Å². The fourth-order valence-electron chi connectivity index (χ4n) is 3.47. The number of fused-ring (bicyclic) bond motifs is 1. The highest BCUT2D eigenvalue weighted by atomic mass is 32.2. The second-order valence-corrected chi connectivity index (χ2v) is 8.27. The Morgan fingerprint density at radius 2 is 2.21 bits per heavy atom. The smallest absolute Gasteiger partial charge is 0.249 e. The predicted octanol–water partition coefficient (Wildman–Crippen LogP) is 0.322. The maximum Gasteiger partial charge on any atom is 0.249 e. The topological polar surface area (TPSA) is 88.6 Å². The van der Waals surface area contributed by atoms with Gasteiger partial charge >= 0.3 is 0 Å². The summed E-state index contributed by atoms with van der Waals surface area (Å²) in [6.07, 6.45) is 4.82. The van der Waals surface area contributed by atoms with Crippen molar-refractivity contribution < 1.29 is 17.9 Å². The van der Waals surface area contributed by atoms with Crippen LogP contribution in [0.15, 0.2) is 24.4 Å². The second-order valence-electron chi connectivity index (χ2n) is 6.33. The predicted molar refractivity (Wildman–Crippen MR) is 88.8 cm³/mol. The van der Waals surface area contributed by atoms with Crippen molar-refractivity contribution in [3.63, 3.8) is 0 Å². The van der Waals surface area contributed by atoms with E-state index in [1.165, 1.54) is 10.6 Å². The molecule has 24 heavy (non-hydrogen) atoms. The van der Waals surface area contributed by atoms with Crippen LogP contribution < -0.4 is 5.32 Å². The number of ether oxygens (including phenoxy) is 1. The van der Waals surface area contributed by atoms with Crippen LogP contribution in [0.2, 0.25) is 0 Å². The molecule has 1 N–H and O–H groups in total. The number of pyridine rings is 1. The first-order chi connectivity index (χ1) is 11.4. The molecule has 0 bridgehead atoms. The first-order valence-corrected chi connectivity index (χ1v) is 10.1. The molecule has 7 nitrogen and oxygen atoms in total. The molecule has 2 aliphatic rings. The van der Waals surface area contributed by atoms with Gasteiger partial charge < -0.3 is 10.1 Å². The molecule has 0 unspecified atom stereocenters. The zero-order valence-corrected chi connectivity index (χ0v) is 14.5. The zero-order valence-electron chi connectivity index (χ0n) is 13.7. The molecule has 132 valence electrons. The highest BCUT2D eigenvalue weighted by Gasteiger charge is 2.44. The molecule has 3 atom stereocenters. The van der Waals surface area contributed by atoms with Crippen molar-refractivity contribution in [1.82, 2.24) is 14.6 Å². The molecule has 1 aromatic rings. The van der Waals surface area contributed by atoms with Crippen molar-refractivity contribution in [3.05, 3.63) is 30.1 Å². The Kier molecular flexibility index (Phi) is 5.17. The van der Waals surface area contributed by atoms with Crippen molar-refractivity contribution in [2.45, 2.75) is 43.9 Å². The first kappa shape index (κ1) is 17.3. The maximum atomic E-state index is 12.3. The van der Waals surface area contributed by atoms with Gasteiger partial charge in [-0.1, -0.05) is 6.07 Å². The van der Waals surface area contributed by atoms with Crippen LogP contribution in [0.1, 0.15) is 25.0 Å². The third-order valence-corrected chi connectivity index (χ3v) is 5.93. The Morgan fingerprint density at radius 1 is 1.38 bits per heavy atom. The zero-order chi connectivity index (χ0) is 17.2. The minimum Gasteiger partial charge on any atom is -0.363 e. The van der Waals surface area contributed by atoms with Crippen LogP contribution in [0.4, 0.5) is 0 Å². The number of rotatable bonds is 5. The van der Waals surface area contributed by atoms with Gasteiger partial charge in [0.05, 0.1) is 18.4 Å². The third-order valence-electron chi connectivity index (χ3n) is 4.62. The highest BCUT2D eigenvalue weighted by Crippen LogP contribution is 2.32. The van der Waals surface area contributed by atoms with Crippen molar-refractivity contribution in [3.8, 4) is 0 Å². The van der Waals surface area contributed by atoms with E-state index in [2.05, 4.69) is 10.3 Å². The lowest BCUT2D eigenvalue weighted by atomic mass is 9.99. The summed E-state index contributed by atoms with van der Waals surface area (Å²) in [7, 11) is -3.21. The number of amides is 1. The number of carbonyl (C=O) groups excluding carboxylic acids is 1. The Hall–Kier alpha value is -1.51. The Balaban J connectivity index is 1.48. The van der Waals surface area contributed by atoms with Gasteiger partial charge in [-0.05, 0) is 31.4 Å². The minimum absolute atomic E-state index is 0.123. The average molecular weight is 353 g/mol. The van der Waals surface area contributed by atoms with Gasteiger partial charge in [-0.25, -0.2) is 8.42 Å². The van der Waals surface area contributed by atoms with Crippen molar-refractivity contribution in [2.75, 3.05) is 19.3 Å². The quantitative estimate of drug-likeness (QED) is 0.824. The highest BCUT2D eigenvalue weighted by molar-refractivity contribution is 7.88. The van der Waals surface area contributed by atoms with E-state index in [1.54, 1.807) is 6.20 Å². The van der Waals surface area contributed by atoms with Crippen LogP contribution >= 0.6 is 0 Å². The fourth-order valence-corrected chi connectivity index (χ4v) is 4.64. The van der Waals surface area contributed by atoms with Gasteiger partial charge in [0.2, 0.25) is 15.9 Å². The van der Waals surface area contributed by atoms with Crippen LogP contribution in [-0.4, -0.2) is 61.2 Å². The molecule has 0 saturated carbocycles. The molecule has 1 amide bonds. The molecule has 0 aliphatic carbocycles. The molecular formula is C16H23N3O4S. The summed E-state index contributed by atoms with van der Waals surface area (Å²) >= 11 is 0. The number of sulfonamides is 1. The summed E-state index contributed by atoms with van der Waals surface area (Å²) in [5.74, 6) is -0.123. The Labute approximate surface area is 142 Å². The molecule has 8 heteroatoms. The lowest BCUT2D eigenvalue weighted by molar-refractivity contribution is -0.142. The third kappa shape index (κ3) is 3.93. The molecule has 2 saturated heterocycles. The second kappa shape index (κ2) is 7.16. The van der Waals surface area contributed by atoms with Gasteiger partial charge in [0.15, 0.2) is 0 Å². The van der Waals surface area contributed by atoms with Crippen LogP contribution in [0.5, 0.6) is 0 Å². The molecule has 0 aromatic carbocycles. The van der Waals surface area contributed by atoms with E-state index in [4.69, 9.17) is 4.74 Å². The van der Waals surface area contributed by atoms with E-state index < -0.39 is 16.1 Å². The van der Waals surface area contributed by atoms with Crippen LogP contribution in [0.25, 0.3) is 0 Å². The molecular weight excluding hydrogens is 330 g/mol. The number of aromatic nitrogens is 1. The normalized spacial score (nSPS) is 27.6. The molecule has 2 aliphatic heterocycles. The fraction of sp³-hybridized carbons (Fsp3) is 0.625. The Morgan fingerprint density at radius 3 is 2.92 bits per heavy atom. The first-order valence-electron chi connectivity index (χ1n) is 8.25. The van der Waals surface area contributed by atoms with Crippen LogP contribution in [0.3, 0.4) is 0 Å². The van der Waals surface area contributed by atoms with Gasteiger partial charge in [-0.3, -0.25) is 9.78 Å². The molecule has 3 heterocycles. The van der Waals surface area contributed by atoms with E-state index in [-0.39, 0.29) is 18.1 Å². The summed E-state index contributed by atoms with van der Waals surface area (Å²) in [5, 5.41) is 2.89. The largest absolute Gasteiger partial charge is 0.363 e. The van der Waals surface area contributed by atoms with E-state index in [0.717, 1.165) is 5.69 Å². The van der Waals surface area contributed by atoms with Crippen LogP contribution in [0, 0.1) is 0 Å². The summed E-state index contributed by atoms with van der Waals surface area (Å²) < 4.78 is 30.9. The van der Waals surface area contributed by atoms with E-state index >= 15 is 0 Å². The number of hydrogen-bond acceptors (Lipinski definition) is 5. The van der Waals surface area contributed by atoms with E-state index in [1.807, 2.05) is 18.2 Å². The lowest BCUT2D eigenvalue weighted by Gasteiger charge is -2.34. The molecule has 0 spiro atoms. The molecule has 1 aromatic heterocycles. The maximum absolute atomic E-state index is 12.3. The van der Waals surface area contributed by atoms with Gasteiger partial charge in [0, 0.05) is 31.4 Å². The van der Waals surface area contributed by atoms with Crippen molar-refractivity contribution in [1.29, 1.82) is 0 Å². The standard InChI is InChI=1S/C16H23N3O4S/c1-24(21,22)19-11-8-14-13(19)5-6-15(23-14)16(20)18-10-7-12-4-2-3-9-17-12/h2-4,9,13-15H,5-8,10-11H2,1H3,(H,18,20)/t13-,14-,15+/m1/s1. The SMILES string of the molecule is CS(=O)(=O)N1CC[C@H]2O[C@H](C(=O)NCCc3ccccn3)CC[C@H]21. The van der Waals surface area contributed by atoms with Gasteiger partial charge in [-0.15, -0.1) is 0 Å². The van der Waals surface area contributed by atoms with E-state index in [9.17, 15) is 13.2 Å².